The number of hydrogen-bond acceptors (Lipinski definition) is 2. The number of hydrogen-bond donors (Lipinski definition) is 1. The highest BCUT2D eigenvalue weighted by Crippen LogP contribution is 2.33. The molecular weight excluding hydrogens is 476 g/mol. The molecule has 0 saturated carbocycles. The van der Waals surface area contributed by atoms with Gasteiger partial charge in [-0.3, -0.25) is 9.59 Å². The standard InChI is InChI=1S/C24H15Cl2F3N2O2/c25-17-9-8-15(20(26)12-17)13-31(18-6-3-5-16(11-18)24(27,28)29)23(33)19-10-14-4-1-2-7-21(14)30-22(19)32/h1-12H,13H2,(H,30,32). The Morgan fingerprint density at radius 2 is 1.70 bits per heavy atom. The maximum Gasteiger partial charge on any atom is 0.416 e. The monoisotopic (exact) mass is 490 g/mol. The Hall–Kier alpha value is -3.29. The predicted octanol–water partition coefficient (Wildman–Crippen LogP) is 6.70. The summed E-state index contributed by atoms with van der Waals surface area (Å²) < 4.78 is 40.0. The van der Waals surface area contributed by atoms with Crippen molar-refractivity contribution >= 4 is 45.7 Å². The number of nitrogens with zero attached hydrogens (tertiary/aromatic N) is 1. The molecule has 4 rings (SSSR count). The van der Waals surface area contributed by atoms with E-state index in [-0.39, 0.29) is 22.8 Å². The van der Waals surface area contributed by atoms with E-state index in [0.717, 1.165) is 17.0 Å². The van der Waals surface area contributed by atoms with Crippen LogP contribution in [0.2, 0.25) is 10.0 Å². The van der Waals surface area contributed by atoms with E-state index in [4.69, 9.17) is 23.2 Å². The minimum Gasteiger partial charge on any atom is -0.321 e. The first-order chi connectivity index (χ1) is 15.6. The lowest BCUT2D eigenvalue weighted by atomic mass is 10.1. The molecule has 9 heteroatoms. The second kappa shape index (κ2) is 8.92. The molecule has 3 aromatic carbocycles. The molecule has 0 bridgehead atoms. The van der Waals surface area contributed by atoms with E-state index < -0.39 is 23.2 Å². The van der Waals surface area contributed by atoms with Gasteiger partial charge < -0.3 is 9.88 Å². The SMILES string of the molecule is O=C(c1cc2ccccc2[nH]c1=O)N(Cc1ccc(Cl)cc1Cl)c1cccc(C(F)(F)F)c1. The predicted molar refractivity (Wildman–Crippen MR) is 123 cm³/mol. The van der Waals surface area contributed by atoms with Crippen LogP contribution in [0.15, 0.2) is 77.6 Å². The molecule has 1 amide bonds. The smallest absolute Gasteiger partial charge is 0.321 e. The summed E-state index contributed by atoms with van der Waals surface area (Å²) in [6.45, 7) is -0.178. The van der Waals surface area contributed by atoms with Gasteiger partial charge in [0.1, 0.15) is 5.56 Å². The average molecular weight is 491 g/mol. The zero-order chi connectivity index (χ0) is 23.8. The van der Waals surface area contributed by atoms with Crippen LogP contribution in [0.1, 0.15) is 21.5 Å². The Kier molecular flexibility index (Phi) is 6.19. The highest BCUT2D eigenvalue weighted by atomic mass is 35.5. The van der Waals surface area contributed by atoms with Crippen molar-refractivity contribution in [2.24, 2.45) is 0 Å². The molecule has 1 N–H and O–H groups in total. The van der Waals surface area contributed by atoms with Crippen molar-refractivity contribution in [1.29, 1.82) is 0 Å². The van der Waals surface area contributed by atoms with E-state index in [1.165, 1.54) is 24.3 Å². The largest absolute Gasteiger partial charge is 0.416 e. The van der Waals surface area contributed by atoms with Crippen LogP contribution >= 0.6 is 23.2 Å². The second-order valence-corrected chi connectivity index (χ2v) is 8.12. The molecule has 0 aliphatic carbocycles. The van der Waals surface area contributed by atoms with E-state index in [9.17, 15) is 22.8 Å². The van der Waals surface area contributed by atoms with Crippen molar-refractivity contribution in [1.82, 2.24) is 4.98 Å². The van der Waals surface area contributed by atoms with E-state index in [1.807, 2.05) is 0 Å². The first kappa shape index (κ1) is 22.9. The zero-order valence-electron chi connectivity index (χ0n) is 16.8. The third-order valence-electron chi connectivity index (χ3n) is 5.06. The number of para-hydroxylation sites is 1. The van der Waals surface area contributed by atoms with Crippen molar-refractivity contribution in [3.8, 4) is 0 Å². The lowest BCUT2D eigenvalue weighted by Gasteiger charge is -2.24. The van der Waals surface area contributed by atoms with E-state index in [0.29, 0.717) is 21.5 Å². The molecule has 0 spiro atoms. The van der Waals surface area contributed by atoms with Crippen LogP contribution in [-0.2, 0) is 12.7 Å². The summed E-state index contributed by atoms with van der Waals surface area (Å²) in [5.74, 6) is -0.771. The Morgan fingerprint density at radius 1 is 0.939 bits per heavy atom. The van der Waals surface area contributed by atoms with Gasteiger partial charge in [-0.25, -0.2) is 0 Å². The minimum atomic E-state index is -4.61. The zero-order valence-corrected chi connectivity index (χ0v) is 18.3. The topological polar surface area (TPSA) is 53.2 Å². The van der Waals surface area contributed by atoms with E-state index in [1.54, 1.807) is 36.4 Å². The third kappa shape index (κ3) is 4.89. The van der Waals surface area contributed by atoms with Gasteiger partial charge in [-0.05, 0) is 53.4 Å². The van der Waals surface area contributed by atoms with Crippen LogP contribution in [0, 0.1) is 0 Å². The molecule has 0 saturated heterocycles. The Balaban J connectivity index is 1.84. The highest BCUT2D eigenvalue weighted by molar-refractivity contribution is 6.35. The number of aromatic amines is 1. The molecule has 168 valence electrons. The highest BCUT2D eigenvalue weighted by Gasteiger charge is 2.32. The molecular formula is C24H15Cl2F3N2O2. The molecule has 33 heavy (non-hydrogen) atoms. The van der Waals surface area contributed by atoms with Crippen LogP contribution in [0.5, 0.6) is 0 Å². The minimum absolute atomic E-state index is 0.0339. The third-order valence-corrected chi connectivity index (χ3v) is 5.64. The fraction of sp³-hybridized carbons (Fsp3) is 0.0833. The Bertz CT molecular complexity index is 1420. The number of benzene rings is 3. The van der Waals surface area contributed by atoms with Gasteiger partial charge in [0, 0.05) is 21.2 Å². The molecule has 0 unspecified atom stereocenters. The van der Waals surface area contributed by atoms with Crippen molar-refractivity contribution in [3.63, 3.8) is 0 Å². The van der Waals surface area contributed by atoms with Gasteiger partial charge in [0.25, 0.3) is 11.5 Å². The summed E-state index contributed by atoms with van der Waals surface area (Å²) in [6.07, 6.45) is -4.61. The van der Waals surface area contributed by atoms with Crippen LogP contribution in [0.4, 0.5) is 18.9 Å². The number of nitrogens with one attached hydrogen (secondary N) is 1. The second-order valence-electron chi connectivity index (χ2n) is 7.27. The number of pyridine rings is 1. The molecule has 1 heterocycles. The molecule has 0 radical (unpaired) electrons. The fourth-order valence-electron chi connectivity index (χ4n) is 3.40. The number of aromatic nitrogens is 1. The molecule has 0 atom stereocenters. The lowest BCUT2D eigenvalue weighted by Crippen LogP contribution is -2.34. The van der Waals surface area contributed by atoms with Crippen molar-refractivity contribution in [2.45, 2.75) is 12.7 Å². The molecule has 1 aromatic heterocycles. The normalized spacial score (nSPS) is 11.5. The molecule has 0 aliphatic heterocycles. The number of anilines is 1. The van der Waals surface area contributed by atoms with Crippen LogP contribution in [0.25, 0.3) is 10.9 Å². The lowest BCUT2D eigenvalue weighted by molar-refractivity contribution is -0.137. The van der Waals surface area contributed by atoms with Gasteiger partial charge in [-0.15, -0.1) is 0 Å². The number of rotatable bonds is 4. The summed E-state index contributed by atoms with van der Waals surface area (Å²) in [5, 5.41) is 1.21. The van der Waals surface area contributed by atoms with Crippen molar-refractivity contribution in [2.75, 3.05) is 4.90 Å². The number of carbonyl (C=O) groups excluding carboxylic acids is 1. The fourth-order valence-corrected chi connectivity index (χ4v) is 3.87. The van der Waals surface area contributed by atoms with Crippen LogP contribution in [-0.4, -0.2) is 10.9 Å². The summed E-state index contributed by atoms with van der Waals surface area (Å²) >= 11 is 12.2. The summed E-state index contributed by atoms with van der Waals surface area (Å²) in [4.78, 5) is 29.9. The van der Waals surface area contributed by atoms with Gasteiger partial charge in [0.2, 0.25) is 0 Å². The number of amides is 1. The molecule has 0 aliphatic rings. The summed E-state index contributed by atoms with van der Waals surface area (Å²) in [5.41, 5.74) is -0.843. The summed E-state index contributed by atoms with van der Waals surface area (Å²) in [6, 6.07) is 17.2. The van der Waals surface area contributed by atoms with Crippen LogP contribution < -0.4 is 10.5 Å². The van der Waals surface area contributed by atoms with Gasteiger partial charge in [0.15, 0.2) is 0 Å². The molecule has 4 aromatic rings. The molecule has 0 fully saturated rings. The Labute approximate surface area is 196 Å². The Morgan fingerprint density at radius 3 is 2.42 bits per heavy atom. The van der Waals surface area contributed by atoms with Crippen LogP contribution in [0.3, 0.4) is 0 Å². The average Bonchev–Trinajstić information content (AvgIpc) is 2.77. The quantitative estimate of drug-likeness (QED) is 0.346. The van der Waals surface area contributed by atoms with Crippen molar-refractivity contribution < 1.29 is 18.0 Å². The van der Waals surface area contributed by atoms with Gasteiger partial charge in [0.05, 0.1) is 12.1 Å². The van der Waals surface area contributed by atoms with Crippen molar-refractivity contribution in [3.05, 3.63) is 110 Å². The number of alkyl halides is 3. The first-order valence-electron chi connectivity index (χ1n) is 9.68. The number of H-pyrrole nitrogens is 1. The number of fused-ring (bicyclic) bond motifs is 1. The molecule has 4 nitrogen and oxygen atoms in total. The van der Waals surface area contributed by atoms with Gasteiger partial charge >= 0.3 is 6.18 Å². The maximum absolute atomic E-state index is 13.5. The van der Waals surface area contributed by atoms with E-state index in [2.05, 4.69) is 4.98 Å². The van der Waals surface area contributed by atoms with Gasteiger partial charge in [-0.1, -0.05) is 53.5 Å². The van der Waals surface area contributed by atoms with Gasteiger partial charge in [-0.2, -0.15) is 13.2 Å². The maximum atomic E-state index is 13.5. The number of halogens is 5. The first-order valence-corrected chi connectivity index (χ1v) is 10.4. The summed E-state index contributed by atoms with van der Waals surface area (Å²) in [7, 11) is 0. The van der Waals surface area contributed by atoms with E-state index >= 15 is 0 Å². The number of carbonyl (C=O) groups is 1.